The zero-order valence-corrected chi connectivity index (χ0v) is 10.2. The fourth-order valence-electron chi connectivity index (χ4n) is 1.67. The van der Waals surface area contributed by atoms with Crippen molar-refractivity contribution in [1.29, 1.82) is 0 Å². The lowest BCUT2D eigenvalue weighted by Crippen LogP contribution is -2.28. The van der Waals surface area contributed by atoms with Crippen molar-refractivity contribution in [2.45, 2.75) is 6.42 Å². The van der Waals surface area contributed by atoms with E-state index in [-0.39, 0.29) is 18.9 Å². The molecule has 1 aliphatic rings. The van der Waals surface area contributed by atoms with Crippen molar-refractivity contribution in [3.05, 3.63) is 22.3 Å². The highest BCUT2D eigenvalue weighted by Gasteiger charge is 2.34. The second-order valence-corrected chi connectivity index (χ2v) is 4.58. The third-order valence-corrected chi connectivity index (χ3v) is 3.31. The molecule has 0 spiro atoms. The van der Waals surface area contributed by atoms with Gasteiger partial charge in [-0.1, -0.05) is 23.2 Å². The first-order valence-corrected chi connectivity index (χ1v) is 5.65. The minimum atomic E-state index is -0.485. The van der Waals surface area contributed by atoms with Gasteiger partial charge in [0.1, 0.15) is 5.82 Å². The minimum absolute atomic E-state index is 0.108. The van der Waals surface area contributed by atoms with Crippen molar-refractivity contribution in [3.63, 3.8) is 0 Å². The van der Waals surface area contributed by atoms with Crippen LogP contribution in [0.15, 0.2) is 12.3 Å². The van der Waals surface area contributed by atoms with Crippen molar-refractivity contribution in [3.8, 4) is 0 Å². The molecule has 0 bridgehead atoms. The molecule has 5 nitrogen and oxygen atoms in total. The summed E-state index contributed by atoms with van der Waals surface area (Å²) >= 11 is 11.6. The van der Waals surface area contributed by atoms with E-state index < -0.39 is 11.8 Å². The summed E-state index contributed by atoms with van der Waals surface area (Å²) in [4.78, 5) is 28.1. The highest BCUT2D eigenvalue weighted by molar-refractivity contribution is 6.42. The van der Waals surface area contributed by atoms with Crippen LogP contribution in [0.5, 0.6) is 0 Å². The average Bonchev–Trinajstić information content (AvgIpc) is 2.65. The number of anilines is 1. The summed E-state index contributed by atoms with van der Waals surface area (Å²) in [6, 6.07) is 1.49. The van der Waals surface area contributed by atoms with Crippen LogP contribution >= 0.6 is 23.2 Å². The zero-order chi connectivity index (χ0) is 12.6. The van der Waals surface area contributed by atoms with Gasteiger partial charge in [0.05, 0.1) is 16.0 Å². The predicted molar refractivity (Wildman–Crippen MR) is 63.9 cm³/mol. The number of rotatable bonds is 2. The first-order valence-electron chi connectivity index (χ1n) is 4.89. The summed E-state index contributed by atoms with van der Waals surface area (Å²) < 4.78 is 0. The number of carbonyl (C=O) groups excluding carboxylic acids is 2. The van der Waals surface area contributed by atoms with Gasteiger partial charge in [0.2, 0.25) is 11.8 Å². The molecule has 17 heavy (non-hydrogen) atoms. The van der Waals surface area contributed by atoms with E-state index in [9.17, 15) is 9.59 Å². The maximum absolute atomic E-state index is 11.7. The lowest BCUT2D eigenvalue weighted by atomic mass is 10.1. The Labute approximate surface area is 107 Å². The number of nitrogens with zero attached hydrogens (tertiary/aromatic N) is 2. The van der Waals surface area contributed by atoms with Gasteiger partial charge in [0, 0.05) is 25.2 Å². The predicted octanol–water partition coefficient (Wildman–Crippen LogP) is 1.23. The van der Waals surface area contributed by atoms with Crippen LogP contribution in [-0.4, -0.2) is 23.3 Å². The number of hydrogen-bond acceptors (Lipinski definition) is 3. The molecule has 1 saturated heterocycles. The van der Waals surface area contributed by atoms with Gasteiger partial charge >= 0.3 is 0 Å². The molecule has 1 aliphatic heterocycles. The fraction of sp³-hybridized carbons (Fsp3) is 0.300. The molecule has 0 saturated carbocycles. The number of aromatic nitrogens is 1. The lowest BCUT2D eigenvalue weighted by molar-refractivity contribution is -0.123. The Balaban J connectivity index is 2.26. The van der Waals surface area contributed by atoms with Crippen molar-refractivity contribution in [1.82, 2.24) is 4.98 Å². The molecule has 2 amide bonds. The highest BCUT2D eigenvalue weighted by atomic mass is 35.5. The second kappa shape index (κ2) is 4.50. The van der Waals surface area contributed by atoms with E-state index in [1.54, 1.807) is 0 Å². The summed E-state index contributed by atoms with van der Waals surface area (Å²) in [5.74, 6) is -0.771. The molecule has 1 unspecified atom stereocenters. The highest BCUT2D eigenvalue weighted by Crippen LogP contribution is 2.28. The lowest BCUT2D eigenvalue weighted by Gasteiger charge is -2.15. The molecule has 0 aromatic carbocycles. The first-order chi connectivity index (χ1) is 7.99. The van der Waals surface area contributed by atoms with Crippen molar-refractivity contribution < 1.29 is 9.59 Å². The molecule has 0 aliphatic carbocycles. The Bertz CT molecular complexity index is 492. The maximum atomic E-state index is 11.7. The molecule has 0 radical (unpaired) electrons. The van der Waals surface area contributed by atoms with Gasteiger partial charge in [-0.05, 0) is 0 Å². The van der Waals surface area contributed by atoms with Crippen molar-refractivity contribution in [2.75, 3.05) is 11.4 Å². The summed E-state index contributed by atoms with van der Waals surface area (Å²) in [6.45, 7) is 0.235. The Morgan fingerprint density at radius 1 is 1.47 bits per heavy atom. The molecule has 1 fully saturated rings. The van der Waals surface area contributed by atoms with Gasteiger partial charge in [-0.15, -0.1) is 0 Å². The Morgan fingerprint density at radius 3 is 2.71 bits per heavy atom. The van der Waals surface area contributed by atoms with Gasteiger partial charge in [-0.3, -0.25) is 14.5 Å². The van der Waals surface area contributed by atoms with Crippen LogP contribution in [0.4, 0.5) is 5.82 Å². The molecular weight excluding hydrogens is 265 g/mol. The molecule has 2 N–H and O–H groups in total. The first kappa shape index (κ1) is 12.1. The third-order valence-electron chi connectivity index (χ3n) is 2.60. The number of halogens is 2. The topological polar surface area (TPSA) is 76.3 Å². The third kappa shape index (κ3) is 2.35. The zero-order valence-electron chi connectivity index (χ0n) is 8.69. The Kier molecular flexibility index (Phi) is 3.22. The van der Waals surface area contributed by atoms with Gasteiger partial charge < -0.3 is 5.73 Å². The second-order valence-electron chi connectivity index (χ2n) is 3.76. The van der Waals surface area contributed by atoms with Crippen LogP contribution in [0.2, 0.25) is 10.0 Å². The Hall–Kier alpha value is -1.33. The van der Waals surface area contributed by atoms with E-state index in [1.165, 1.54) is 17.2 Å². The number of hydrogen-bond donors (Lipinski definition) is 1. The number of amides is 2. The minimum Gasteiger partial charge on any atom is -0.369 e. The number of pyridine rings is 1. The van der Waals surface area contributed by atoms with Crippen LogP contribution in [0.3, 0.4) is 0 Å². The van der Waals surface area contributed by atoms with Gasteiger partial charge in [-0.2, -0.15) is 0 Å². The molecule has 1 atom stereocenters. The molecule has 1 aromatic rings. The molecule has 2 heterocycles. The molecule has 2 rings (SSSR count). The average molecular weight is 274 g/mol. The van der Waals surface area contributed by atoms with Crippen LogP contribution in [0, 0.1) is 5.92 Å². The van der Waals surface area contributed by atoms with E-state index in [0.717, 1.165) is 0 Å². The number of carbonyl (C=O) groups is 2. The molecular formula is C10H9Cl2N3O2. The molecule has 1 aromatic heterocycles. The maximum Gasteiger partial charge on any atom is 0.229 e. The van der Waals surface area contributed by atoms with Gasteiger partial charge in [-0.25, -0.2) is 4.98 Å². The number of primary amides is 1. The van der Waals surface area contributed by atoms with Crippen LogP contribution in [0.1, 0.15) is 6.42 Å². The summed E-state index contributed by atoms with van der Waals surface area (Å²) in [7, 11) is 0. The number of nitrogens with two attached hydrogens (primary N) is 1. The quantitative estimate of drug-likeness (QED) is 0.881. The van der Waals surface area contributed by atoms with E-state index in [1.807, 2.05) is 0 Å². The largest absolute Gasteiger partial charge is 0.369 e. The summed E-state index contributed by atoms with van der Waals surface area (Å²) in [6.07, 6.45) is 1.47. The van der Waals surface area contributed by atoms with E-state index in [2.05, 4.69) is 4.98 Å². The molecule has 7 heteroatoms. The summed E-state index contributed by atoms with van der Waals surface area (Å²) in [5, 5.41) is 0.625. The van der Waals surface area contributed by atoms with E-state index in [0.29, 0.717) is 15.9 Å². The van der Waals surface area contributed by atoms with Crippen LogP contribution < -0.4 is 10.6 Å². The molecule has 90 valence electrons. The smallest absolute Gasteiger partial charge is 0.229 e. The van der Waals surface area contributed by atoms with E-state index >= 15 is 0 Å². The standard InChI is InChI=1S/C10H9Cl2N3O2/c11-6-2-8(14-3-7(6)12)15-4-5(10(13)17)1-9(15)16/h2-3,5H,1,4H2,(H2,13,17). The van der Waals surface area contributed by atoms with Crippen molar-refractivity contribution >= 4 is 40.8 Å². The fourth-order valence-corrected chi connectivity index (χ4v) is 1.92. The normalized spacial score (nSPS) is 19.8. The van der Waals surface area contributed by atoms with Gasteiger partial charge in [0.15, 0.2) is 0 Å². The Morgan fingerprint density at radius 2 is 2.18 bits per heavy atom. The van der Waals surface area contributed by atoms with Crippen molar-refractivity contribution in [2.24, 2.45) is 11.7 Å². The monoisotopic (exact) mass is 273 g/mol. The van der Waals surface area contributed by atoms with Crippen LogP contribution in [0.25, 0.3) is 0 Å². The summed E-state index contributed by atoms with van der Waals surface area (Å²) in [5.41, 5.74) is 5.17. The van der Waals surface area contributed by atoms with E-state index in [4.69, 9.17) is 28.9 Å². The van der Waals surface area contributed by atoms with Crippen LogP contribution in [-0.2, 0) is 9.59 Å². The van der Waals surface area contributed by atoms with Gasteiger partial charge in [0.25, 0.3) is 0 Å². The SMILES string of the molecule is NC(=O)C1CC(=O)N(c2cc(Cl)c(Cl)cn2)C1.